The van der Waals surface area contributed by atoms with Gasteiger partial charge >= 0.3 is 6.18 Å². The first-order valence-corrected chi connectivity index (χ1v) is 3.73. The predicted octanol–water partition coefficient (Wildman–Crippen LogP) is 1.94. The summed E-state index contributed by atoms with van der Waals surface area (Å²) in [5.74, 6) is 0. The van der Waals surface area contributed by atoms with E-state index < -0.39 is 11.6 Å². The fourth-order valence-corrected chi connectivity index (χ4v) is 1.19. The minimum Gasteiger partial charge on any atom is -0.320 e. The summed E-state index contributed by atoms with van der Waals surface area (Å²) in [7, 11) is 1.67. The molecule has 11 heavy (non-hydrogen) atoms. The van der Waals surface area contributed by atoms with Crippen LogP contribution in [0.5, 0.6) is 0 Å². The molecule has 0 amide bonds. The summed E-state index contributed by atoms with van der Waals surface area (Å²) in [5.41, 5.74) is -1.32. The van der Waals surface area contributed by atoms with Gasteiger partial charge in [0, 0.05) is 0 Å². The van der Waals surface area contributed by atoms with E-state index in [1.165, 1.54) is 0 Å². The van der Waals surface area contributed by atoms with Crippen LogP contribution in [0, 0.1) is 5.41 Å². The Bertz CT molecular complexity index is 137. The van der Waals surface area contributed by atoms with E-state index in [1.54, 1.807) is 7.05 Å². The van der Waals surface area contributed by atoms with Gasteiger partial charge in [-0.3, -0.25) is 0 Å². The van der Waals surface area contributed by atoms with E-state index in [0.29, 0.717) is 19.4 Å². The van der Waals surface area contributed by atoms with Crippen molar-refractivity contribution in [2.24, 2.45) is 5.41 Å². The third-order valence-corrected chi connectivity index (χ3v) is 2.31. The van der Waals surface area contributed by atoms with Gasteiger partial charge in [0.25, 0.3) is 0 Å². The minimum absolute atomic E-state index is 0.229. The van der Waals surface area contributed by atoms with Crippen molar-refractivity contribution in [3.05, 3.63) is 0 Å². The summed E-state index contributed by atoms with van der Waals surface area (Å²) in [6.45, 7) is 0.458. The molecule has 0 atom stereocenters. The molecule has 0 bridgehead atoms. The van der Waals surface area contributed by atoms with Crippen LogP contribution in [0.15, 0.2) is 0 Å². The maximum atomic E-state index is 12.2. The Labute approximate surface area is 64.0 Å². The highest BCUT2D eigenvalue weighted by Gasteiger charge is 2.62. The lowest BCUT2D eigenvalue weighted by Gasteiger charge is -2.18. The van der Waals surface area contributed by atoms with Gasteiger partial charge in [-0.1, -0.05) is 0 Å². The first-order chi connectivity index (χ1) is 5.02. The minimum atomic E-state index is -3.98. The van der Waals surface area contributed by atoms with Gasteiger partial charge in [0.2, 0.25) is 0 Å². The summed E-state index contributed by atoms with van der Waals surface area (Å²) < 4.78 is 36.6. The molecule has 1 N–H and O–H groups in total. The molecule has 1 aliphatic carbocycles. The maximum absolute atomic E-state index is 12.2. The second-order valence-corrected chi connectivity index (χ2v) is 3.13. The number of nitrogens with one attached hydrogen (secondary N) is 1. The molecule has 0 aromatic heterocycles. The van der Waals surface area contributed by atoms with Crippen LogP contribution in [0.25, 0.3) is 0 Å². The van der Waals surface area contributed by atoms with Crippen LogP contribution < -0.4 is 5.32 Å². The predicted molar refractivity (Wildman–Crippen MR) is 36.3 cm³/mol. The molecule has 0 aromatic rings. The molecule has 0 aromatic carbocycles. The second-order valence-electron chi connectivity index (χ2n) is 3.13. The van der Waals surface area contributed by atoms with Crippen molar-refractivity contribution in [3.63, 3.8) is 0 Å². The van der Waals surface area contributed by atoms with Gasteiger partial charge in [0.1, 0.15) is 0 Å². The van der Waals surface area contributed by atoms with Crippen molar-refractivity contribution < 1.29 is 13.2 Å². The highest BCUT2D eigenvalue weighted by atomic mass is 19.4. The third-order valence-electron chi connectivity index (χ3n) is 2.31. The van der Waals surface area contributed by atoms with E-state index in [0.717, 1.165) is 0 Å². The van der Waals surface area contributed by atoms with E-state index in [1.807, 2.05) is 0 Å². The summed E-state index contributed by atoms with van der Waals surface area (Å²) in [4.78, 5) is 0. The molecule has 1 aliphatic rings. The quantitative estimate of drug-likeness (QED) is 0.677. The molecule has 66 valence electrons. The molecule has 0 unspecified atom stereocenters. The number of hydrogen-bond acceptors (Lipinski definition) is 1. The van der Waals surface area contributed by atoms with E-state index in [2.05, 4.69) is 5.32 Å². The van der Waals surface area contributed by atoms with Crippen LogP contribution in [-0.4, -0.2) is 19.8 Å². The van der Waals surface area contributed by atoms with Gasteiger partial charge in [-0.05, 0) is 32.9 Å². The van der Waals surface area contributed by atoms with E-state index in [9.17, 15) is 13.2 Å². The van der Waals surface area contributed by atoms with Crippen LogP contribution in [-0.2, 0) is 0 Å². The molecular formula is C7H12F3N. The van der Waals surface area contributed by atoms with Gasteiger partial charge in [-0.25, -0.2) is 0 Å². The number of rotatable bonds is 3. The smallest absolute Gasteiger partial charge is 0.320 e. The van der Waals surface area contributed by atoms with Gasteiger partial charge < -0.3 is 5.32 Å². The number of alkyl halides is 3. The van der Waals surface area contributed by atoms with Crippen LogP contribution >= 0.6 is 0 Å². The first kappa shape index (κ1) is 8.84. The average molecular weight is 167 g/mol. The Balaban J connectivity index is 2.41. The SMILES string of the molecule is CNCCC1(C(F)(F)F)CC1. The second kappa shape index (κ2) is 2.66. The molecule has 1 saturated carbocycles. The summed E-state index contributed by atoms with van der Waals surface area (Å²) in [6, 6.07) is 0. The Morgan fingerprint density at radius 3 is 2.18 bits per heavy atom. The molecule has 0 heterocycles. The molecule has 0 spiro atoms. The summed E-state index contributed by atoms with van der Waals surface area (Å²) >= 11 is 0. The molecular weight excluding hydrogens is 155 g/mol. The molecule has 1 fully saturated rings. The zero-order chi connectivity index (χ0) is 8.54. The molecule has 4 heteroatoms. The van der Waals surface area contributed by atoms with Crippen LogP contribution in [0.2, 0.25) is 0 Å². The lowest BCUT2D eigenvalue weighted by molar-refractivity contribution is -0.188. The zero-order valence-corrected chi connectivity index (χ0v) is 6.46. The molecule has 0 aliphatic heterocycles. The van der Waals surface area contributed by atoms with Crippen molar-refractivity contribution >= 4 is 0 Å². The average Bonchev–Trinajstić information content (AvgIpc) is 2.61. The molecule has 0 saturated heterocycles. The van der Waals surface area contributed by atoms with Crippen molar-refractivity contribution in [1.29, 1.82) is 0 Å². The zero-order valence-electron chi connectivity index (χ0n) is 6.46. The van der Waals surface area contributed by atoms with Crippen molar-refractivity contribution in [1.82, 2.24) is 5.32 Å². The highest BCUT2D eigenvalue weighted by Crippen LogP contribution is 2.59. The van der Waals surface area contributed by atoms with Gasteiger partial charge in [-0.15, -0.1) is 0 Å². The molecule has 1 rings (SSSR count). The maximum Gasteiger partial charge on any atom is 0.394 e. The van der Waals surface area contributed by atoms with Gasteiger partial charge in [0.15, 0.2) is 0 Å². The largest absolute Gasteiger partial charge is 0.394 e. The number of halogens is 3. The van der Waals surface area contributed by atoms with Crippen LogP contribution in [0.4, 0.5) is 13.2 Å². The first-order valence-electron chi connectivity index (χ1n) is 3.73. The fraction of sp³-hybridized carbons (Fsp3) is 1.00. The third kappa shape index (κ3) is 1.67. The van der Waals surface area contributed by atoms with Crippen molar-refractivity contribution in [2.45, 2.75) is 25.4 Å². The molecule has 0 radical (unpaired) electrons. The highest BCUT2D eigenvalue weighted by molar-refractivity contribution is 4.99. The number of hydrogen-bond donors (Lipinski definition) is 1. The van der Waals surface area contributed by atoms with Crippen LogP contribution in [0.1, 0.15) is 19.3 Å². The Hall–Kier alpha value is -0.250. The monoisotopic (exact) mass is 167 g/mol. The Morgan fingerprint density at radius 2 is 1.91 bits per heavy atom. The normalized spacial score (nSPS) is 21.8. The fourth-order valence-electron chi connectivity index (χ4n) is 1.19. The van der Waals surface area contributed by atoms with E-state index in [4.69, 9.17) is 0 Å². The van der Waals surface area contributed by atoms with Crippen LogP contribution in [0.3, 0.4) is 0 Å². The molecule has 1 nitrogen and oxygen atoms in total. The summed E-state index contributed by atoms with van der Waals surface area (Å²) in [5, 5.41) is 2.74. The standard InChI is InChI=1S/C7H12F3N/c1-11-5-4-6(2-3-6)7(8,9)10/h11H,2-5H2,1H3. The Kier molecular flexibility index (Phi) is 2.14. The van der Waals surface area contributed by atoms with Crippen molar-refractivity contribution in [3.8, 4) is 0 Å². The summed E-state index contributed by atoms with van der Waals surface area (Å²) in [6.07, 6.45) is -3.12. The van der Waals surface area contributed by atoms with Crippen molar-refractivity contribution in [2.75, 3.05) is 13.6 Å². The Morgan fingerprint density at radius 1 is 1.36 bits per heavy atom. The lowest BCUT2D eigenvalue weighted by atomic mass is 10.0. The van der Waals surface area contributed by atoms with Gasteiger partial charge in [0.05, 0.1) is 5.41 Å². The van der Waals surface area contributed by atoms with E-state index in [-0.39, 0.29) is 6.42 Å². The van der Waals surface area contributed by atoms with Gasteiger partial charge in [-0.2, -0.15) is 13.2 Å². The topological polar surface area (TPSA) is 12.0 Å². The van der Waals surface area contributed by atoms with E-state index >= 15 is 0 Å². The lowest BCUT2D eigenvalue weighted by Crippen LogP contribution is -2.27.